The Bertz CT molecular complexity index is 635. The van der Waals surface area contributed by atoms with Gasteiger partial charge in [0.05, 0.1) is 0 Å². The lowest BCUT2D eigenvalue weighted by atomic mass is 10.0. The van der Waals surface area contributed by atoms with E-state index in [-0.39, 0.29) is 5.91 Å². The molecular formula is C16H18BrNO2. The third-order valence-electron chi connectivity index (χ3n) is 3.67. The van der Waals surface area contributed by atoms with Crippen LogP contribution in [0.25, 0.3) is 10.8 Å². The van der Waals surface area contributed by atoms with Crippen LogP contribution in [0.15, 0.2) is 40.9 Å². The molecule has 0 aliphatic rings. The number of hydrogen-bond donors (Lipinski definition) is 1. The van der Waals surface area contributed by atoms with Gasteiger partial charge in [0, 0.05) is 17.3 Å². The van der Waals surface area contributed by atoms with Crippen LogP contribution in [-0.2, 0) is 9.53 Å². The molecule has 0 aromatic heterocycles. The molecule has 0 heterocycles. The molecule has 2 aromatic carbocycles. The average molecular weight is 336 g/mol. The fourth-order valence-electron chi connectivity index (χ4n) is 1.96. The number of anilines is 1. The Morgan fingerprint density at radius 3 is 2.55 bits per heavy atom. The van der Waals surface area contributed by atoms with Gasteiger partial charge in [-0.25, -0.2) is 0 Å². The summed E-state index contributed by atoms with van der Waals surface area (Å²) in [5.41, 5.74) is -0.0177. The summed E-state index contributed by atoms with van der Waals surface area (Å²) in [4.78, 5) is 12.2. The maximum atomic E-state index is 12.2. The number of benzene rings is 2. The minimum Gasteiger partial charge on any atom is -0.369 e. The van der Waals surface area contributed by atoms with Gasteiger partial charge in [-0.1, -0.05) is 35.0 Å². The number of fused-ring (bicyclic) bond motifs is 1. The highest BCUT2D eigenvalue weighted by Gasteiger charge is 2.30. The van der Waals surface area contributed by atoms with E-state index in [1.165, 1.54) is 0 Å². The Balaban J connectivity index is 2.26. The summed E-state index contributed by atoms with van der Waals surface area (Å²) in [6.07, 6.45) is 0.621. The van der Waals surface area contributed by atoms with Crippen molar-refractivity contribution in [1.29, 1.82) is 0 Å². The second kappa shape index (κ2) is 5.94. The molecule has 0 aliphatic carbocycles. The van der Waals surface area contributed by atoms with Gasteiger partial charge in [-0.2, -0.15) is 0 Å². The zero-order valence-corrected chi connectivity index (χ0v) is 13.5. The van der Waals surface area contributed by atoms with Gasteiger partial charge in [0.2, 0.25) is 0 Å². The number of rotatable bonds is 4. The van der Waals surface area contributed by atoms with Gasteiger partial charge in [-0.3, -0.25) is 4.79 Å². The Morgan fingerprint density at radius 1 is 1.25 bits per heavy atom. The van der Waals surface area contributed by atoms with Crippen molar-refractivity contribution < 1.29 is 9.53 Å². The van der Waals surface area contributed by atoms with Crippen LogP contribution in [0.5, 0.6) is 0 Å². The van der Waals surface area contributed by atoms with Crippen molar-refractivity contribution in [2.75, 3.05) is 12.4 Å². The number of carbonyl (C=O) groups excluding carboxylic acids is 1. The summed E-state index contributed by atoms with van der Waals surface area (Å²) in [5, 5.41) is 5.13. The van der Waals surface area contributed by atoms with Gasteiger partial charge >= 0.3 is 0 Å². The topological polar surface area (TPSA) is 38.3 Å². The predicted molar refractivity (Wildman–Crippen MR) is 86.0 cm³/mol. The highest BCUT2D eigenvalue weighted by Crippen LogP contribution is 2.24. The minimum absolute atomic E-state index is 0.126. The standard InChI is InChI=1S/C16H18BrNO2/c1-4-16(2,20-3)15(19)18-14-8-6-11-9-13(17)7-5-12(11)10-14/h5-10H,4H2,1-3H3,(H,18,19). The summed E-state index contributed by atoms with van der Waals surface area (Å²) in [7, 11) is 1.56. The molecule has 1 unspecified atom stereocenters. The van der Waals surface area contributed by atoms with Gasteiger partial charge in [-0.15, -0.1) is 0 Å². The lowest BCUT2D eigenvalue weighted by molar-refractivity contribution is -0.136. The number of hydrogen-bond acceptors (Lipinski definition) is 2. The molecule has 0 saturated carbocycles. The molecule has 106 valence electrons. The van der Waals surface area contributed by atoms with Crippen LogP contribution >= 0.6 is 15.9 Å². The second-order valence-corrected chi connectivity index (χ2v) is 5.86. The van der Waals surface area contributed by atoms with Crippen molar-refractivity contribution in [2.24, 2.45) is 0 Å². The minimum atomic E-state index is -0.797. The van der Waals surface area contributed by atoms with Gasteiger partial charge < -0.3 is 10.1 Å². The summed E-state index contributed by atoms with van der Waals surface area (Å²) in [5.74, 6) is -0.126. The highest BCUT2D eigenvalue weighted by molar-refractivity contribution is 9.10. The molecule has 2 aromatic rings. The molecule has 3 nitrogen and oxygen atoms in total. The number of nitrogens with one attached hydrogen (secondary N) is 1. The molecule has 0 bridgehead atoms. The molecule has 4 heteroatoms. The van der Waals surface area contributed by atoms with Crippen LogP contribution in [0.1, 0.15) is 20.3 Å². The van der Waals surface area contributed by atoms with Gasteiger partial charge in [0.15, 0.2) is 0 Å². The van der Waals surface area contributed by atoms with Crippen molar-refractivity contribution in [1.82, 2.24) is 0 Å². The normalized spacial score (nSPS) is 14.0. The van der Waals surface area contributed by atoms with E-state index < -0.39 is 5.60 Å². The maximum Gasteiger partial charge on any atom is 0.256 e. The van der Waals surface area contributed by atoms with Crippen LogP contribution in [0.4, 0.5) is 5.69 Å². The number of carbonyl (C=O) groups is 1. The maximum absolute atomic E-state index is 12.2. The SMILES string of the molecule is CCC(C)(OC)C(=O)Nc1ccc2cc(Br)ccc2c1. The van der Waals surface area contributed by atoms with E-state index in [1.807, 2.05) is 43.3 Å². The fourth-order valence-corrected chi connectivity index (χ4v) is 2.33. The Morgan fingerprint density at radius 2 is 1.90 bits per heavy atom. The molecule has 0 aliphatic heterocycles. The second-order valence-electron chi connectivity index (χ2n) is 4.95. The van der Waals surface area contributed by atoms with Crippen LogP contribution in [0, 0.1) is 0 Å². The summed E-state index contributed by atoms with van der Waals surface area (Å²) < 4.78 is 6.35. The molecular weight excluding hydrogens is 318 g/mol. The summed E-state index contributed by atoms with van der Waals surface area (Å²) in [6.45, 7) is 3.72. The Labute approximate surface area is 127 Å². The van der Waals surface area contributed by atoms with Crippen molar-refractivity contribution in [2.45, 2.75) is 25.9 Å². The van der Waals surface area contributed by atoms with Crippen molar-refractivity contribution in [3.05, 3.63) is 40.9 Å². The zero-order chi connectivity index (χ0) is 14.8. The highest BCUT2D eigenvalue weighted by atomic mass is 79.9. The fraction of sp³-hybridized carbons (Fsp3) is 0.312. The number of methoxy groups -OCH3 is 1. The van der Waals surface area contributed by atoms with E-state index >= 15 is 0 Å². The molecule has 1 atom stereocenters. The number of amides is 1. The Kier molecular flexibility index (Phi) is 4.45. The number of ether oxygens (including phenoxy) is 1. The first-order chi connectivity index (χ1) is 9.48. The molecule has 1 N–H and O–H groups in total. The van der Waals surface area contributed by atoms with Gasteiger partial charge in [-0.05, 0) is 48.4 Å². The Hall–Kier alpha value is -1.39. The third kappa shape index (κ3) is 3.02. The average Bonchev–Trinajstić information content (AvgIpc) is 2.46. The van der Waals surface area contributed by atoms with Gasteiger partial charge in [0.1, 0.15) is 5.60 Å². The van der Waals surface area contributed by atoms with E-state index in [0.717, 1.165) is 20.9 Å². The summed E-state index contributed by atoms with van der Waals surface area (Å²) >= 11 is 3.45. The van der Waals surface area contributed by atoms with Crippen molar-refractivity contribution >= 4 is 38.3 Å². The van der Waals surface area contributed by atoms with E-state index in [0.29, 0.717) is 6.42 Å². The molecule has 1 amide bonds. The zero-order valence-electron chi connectivity index (χ0n) is 11.9. The van der Waals surface area contributed by atoms with E-state index in [9.17, 15) is 4.79 Å². The number of halogens is 1. The molecule has 0 radical (unpaired) electrons. The van der Waals surface area contributed by atoms with E-state index in [1.54, 1.807) is 14.0 Å². The van der Waals surface area contributed by atoms with Crippen molar-refractivity contribution in [3.8, 4) is 0 Å². The van der Waals surface area contributed by atoms with Crippen LogP contribution in [0.2, 0.25) is 0 Å². The quantitative estimate of drug-likeness (QED) is 0.901. The molecule has 20 heavy (non-hydrogen) atoms. The van der Waals surface area contributed by atoms with Crippen LogP contribution < -0.4 is 5.32 Å². The monoisotopic (exact) mass is 335 g/mol. The summed E-state index contributed by atoms with van der Waals surface area (Å²) in [6, 6.07) is 11.9. The first-order valence-electron chi connectivity index (χ1n) is 6.54. The molecule has 2 rings (SSSR count). The van der Waals surface area contributed by atoms with Crippen LogP contribution in [-0.4, -0.2) is 18.6 Å². The van der Waals surface area contributed by atoms with E-state index in [4.69, 9.17) is 4.74 Å². The first kappa shape index (κ1) is 15.0. The first-order valence-corrected chi connectivity index (χ1v) is 7.34. The van der Waals surface area contributed by atoms with Crippen molar-refractivity contribution in [3.63, 3.8) is 0 Å². The van der Waals surface area contributed by atoms with Crippen LogP contribution in [0.3, 0.4) is 0 Å². The largest absolute Gasteiger partial charge is 0.369 e. The molecule has 0 saturated heterocycles. The molecule has 0 spiro atoms. The predicted octanol–water partition coefficient (Wildman–Crippen LogP) is 4.36. The lowest BCUT2D eigenvalue weighted by Crippen LogP contribution is -2.41. The van der Waals surface area contributed by atoms with Gasteiger partial charge in [0.25, 0.3) is 5.91 Å². The van der Waals surface area contributed by atoms with E-state index in [2.05, 4.69) is 21.2 Å². The third-order valence-corrected chi connectivity index (χ3v) is 4.16. The smallest absolute Gasteiger partial charge is 0.256 e. The lowest BCUT2D eigenvalue weighted by Gasteiger charge is -2.25. The molecule has 0 fully saturated rings.